The first-order valence-electron chi connectivity index (χ1n) is 11.7. The Bertz CT molecular complexity index is 1640. The molecule has 9 heteroatoms. The molecule has 9 nitrogen and oxygen atoms in total. The normalized spacial score (nSPS) is 14.4. The zero-order valence-electron chi connectivity index (χ0n) is 18.9. The lowest BCUT2D eigenvalue weighted by Crippen LogP contribution is -2.18. The second-order valence-electron chi connectivity index (χ2n) is 8.93. The third kappa shape index (κ3) is 3.57. The number of nitrogens with one attached hydrogen (secondary N) is 2. The number of furan rings is 1. The molecule has 1 aliphatic rings. The van der Waals surface area contributed by atoms with Crippen molar-refractivity contribution in [2.45, 2.75) is 19.4 Å². The highest BCUT2D eigenvalue weighted by atomic mass is 16.3. The van der Waals surface area contributed by atoms with Gasteiger partial charge in [-0.15, -0.1) is 0 Å². The van der Waals surface area contributed by atoms with Gasteiger partial charge in [-0.05, 0) is 49.7 Å². The molecule has 35 heavy (non-hydrogen) atoms. The number of aromatic nitrogens is 7. The topological polar surface area (TPSA) is 112 Å². The fraction of sp³-hybridized carbons (Fsp3) is 0.192. The summed E-state index contributed by atoms with van der Waals surface area (Å²) in [5.74, 6) is 0.669. The van der Waals surface area contributed by atoms with Gasteiger partial charge in [-0.1, -0.05) is 0 Å². The first-order valence-corrected chi connectivity index (χ1v) is 11.7. The number of rotatable bonds is 5. The van der Waals surface area contributed by atoms with E-state index in [-0.39, 0.29) is 0 Å². The van der Waals surface area contributed by atoms with Gasteiger partial charge in [0.15, 0.2) is 5.82 Å². The van der Waals surface area contributed by atoms with Crippen molar-refractivity contribution >= 4 is 21.9 Å². The van der Waals surface area contributed by atoms with Gasteiger partial charge in [0.25, 0.3) is 0 Å². The first-order chi connectivity index (χ1) is 17.3. The van der Waals surface area contributed by atoms with Crippen LogP contribution < -0.4 is 0 Å². The number of H-pyrrole nitrogens is 2. The minimum Gasteiger partial charge on any atom is -0.472 e. The fourth-order valence-corrected chi connectivity index (χ4v) is 4.84. The number of imidazole rings is 1. The Morgan fingerprint density at radius 3 is 2.74 bits per heavy atom. The molecule has 0 bridgehead atoms. The predicted octanol–water partition coefficient (Wildman–Crippen LogP) is 4.81. The van der Waals surface area contributed by atoms with Crippen LogP contribution >= 0.6 is 0 Å². The number of aromatic amines is 2. The van der Waals surface area contributed by atoms with E-state index in [2.05, 4.69) is 41.1 Å². The van der Waals surface area contributed by atoms with Gasteiger partial charge in [0.1, 0.15) is 11.2 Å². The van der Waals surface area contributed by atoms with E-state index in [1.165, 1.54) is 18.4 Å². The quantitative estimate of drug-likeness (QED) is 0.378. The van der Waals surface area contributed by atoms with Crippen molar-refractivity contribution in [1.29, 1.82) is 0 Å². The van der Waals surface area contributed by atoms with Gasteiger partial charge >= 0.3 is 0 Å². The minimum atomic E-state index is 0.669. The molecule has 0 unspecified atom stereocenters. The summed E-state index contributed by atoms with van der Waals surface area (Å²) in [5.41, 5.74) is 8.12. The van der Waals surface area contributed by atoms with E-state index in [9.17, 15) is 0 Å². The van der Waals surface area contributed by atoms with Crippen molar-refractivity contribution in [2.75, 3.05) is 13.1 Å². The predicted molar refractivity (Wildman–Crippen MR) is 132 cm³/mol. The largest absolute Gasteiger partial charge is 0.472 e. The molecular formula is C26H22N8O. The Kier molecular flexibility index (Phi) is 4.66. The molecule has 0 aliphatic carbocycles. The van der Waals surface area contributed by atoms with Crippen LogP contribution in [0, 0.1) is 0 Å². The highest BCUT2D eigenvalue weighted by Crippen LogP contribution is 2.32. The first kappa shape index (κ1) is 20.0. The van der Waals surface area contributed by atoms with E-state index in [0.29, 0.717) is 5.82 Å². The van der Waals surface area contributed by atoms with Crippen molar-refractivity contribution in [2.24, 2.45) is 0 Å². The molecule has 0 radical (unpaired) electrons. The number of hydrogen-bond acceptors (Lipinski definition) is 7. The smallest absolute Gasteiger partial charge is 0.159 e. The molecule has 7 rings (SSSR count). The Morgan fingerprint density at radius 1 is 0.943 bits per heavy atom. The van der Waals surface area contributed by atoms with E-state index < -0.39 is 0 Å². The molecule has 6 aromatic rings. The van der Waals surface area contributed by atoms with Crippen molar-refractivity contribution in [3.63, 3.8) is 0 Å². The molecule has 6 aromatic heterocycles. The van der Waals surface area contributed by atoms with E-state index in [1.807, 2.05) is 30.7 Å². The number of fused-ring (bicyclic) bond motifs is 2. The second kappa shape index (κ2) is 8.14. The molecule has 0 saturated carbocycles. The van der Waals surface area contributed by atoms with Crippen LogP contribution in [0.15, 0.2) is 66.1 Å². The summed E-state index contributed by atoms with van der Waals surface area (Å²) in [5, 5.41) is 8.58. The summed E-state index contributed by atoms with van der Waals surface area (Å²) in [6.07, 6.45) is 15.1. The zero-order chi connectivity index (χ0) is 23.2. The maximum Gasteiger partial charge on any atom is 0.159 e. The Morgan fingerprint density at radius 2 is 1.86 bits per heavy atom. The molecule has 7 heterocycles. The maximum atomic E-state index is 5.26. The van der Waals surface area contributed by atoms with Crippen molar-refractivity contribution in [3.8, 4) is 33.9 Å². The fourth-order valence-electron chi connectivity index (χ4n) is 4.84. The molecular weight excluding hydrogens is 440 g/mol. The SMILES string of the molecule is c1cc(-c2cncc3[nH]c(-c4n[nH]c5cnc(-c6cncc(CN7CCCC7)c6)cc45)nc23)co1. The van der Waals surface area contributed by atoms with E-state index in [4.69, 9.17) is 9.40 Å². The third-order valence-electron chi connectivity index (χ3n) is 6.59. The third-order valence-corrected chi connectivity index (χ3v) is 6.59. The summed E-state index contributed by atoms with van der Waals surface area (Å²) in [4.78, 5) is 24.3. The van der Waals surface area contributed by atoms with Crippen LogP contribution in [0.25, 0.3) is 55.8 Å². The van der Waals surface area contributed by atoms with Gasteiger partial charge in [0, 0.05) is 47.2 Å². The standard InChI is InChI=1S/C26H22N8O/c1-2-5-34(4-1)14-16-7-18(10-27-9-16)21-8-19-22(13-29-21)32-33-25(19)26-30-23-12-28-11-20(24(23)31-26)17-3-6-35-15-17/h3,6-13,15H,1-2,4-5,14H2,(H,30,31)(H,32,33). The van der Waals surface area contributed by atoms with Gasteiger partial charge in [0.05, 0.1) is 41.6 Å². The van der Waals surface area contributed by atoms with Crippen molar-refractivity contribution in [1.82, 2.24) is 40.0 Å². The van der Waals surface area contributed by atoms with E-state index in [0.717, 1.165) is 69.6 Å². The molecule has 0 atom stereocenters. The lowest BCUT2D eigenvalue weighted by molar-refractivity contribution is 0.331. The summed E-state index contributed by atoms with van der Waals surface area (Å²) in [6, 6.07) is 6.13. The van der Waals surface area contributed by atoms with Crippen LogP contribution in [0.1, 0.15) is 18.4 Å². The van der Waals surface area contributed by atoms with Crippen LogP contribution in [0.3, 0.4) is 0 Å². The maximum absolute atomic E-state index is 5.26. The molecule has 0 amide bonds. The van der Waals surface area contributed by atoms with Crippen molar-refractivity contribution in [3.05, 3.63) is 67.3 Å². The van der Waals surface area contributed by atoms with Gasteiger partial charge in [0.2, 0.25) is 0 Å². The van der Waals surface area contributed by atoms with Crippen LogP contribution in [0.5, 0.6) is 0 Å². The molecule has 1 fully saturated rings. The molecule has 2 N–H and O–H groups in total. The summed E-state index contributed by atoms with van der Waals surface area (Å²) in [6.45, 7) is 3.23. The van der Waals surface area contributed by atoms with Crippen LogP contribution in [-0.2, 0) is 6.54 Å². The minimum absolute atomic E-state index is 0.669. The van der Waals surface area contributed by atoms with Crippen LogP contribution in [0.4, 0.5) is 0 Å². The summed E-state index contributed by atoms with van der Waals surface area (Å²) in [7, 11) is 0. The van der Waals surface area contributed by atoms with Gasteiger partial charge in [-0.25, -0.2) is 4.98 Å². The highest BCUT2D eigenvalue weighted by Gasteiger charge is 2.17. The summed E-state index contributed by atoms with van der Waals surface area (Å²) < 4.78 is 5.26. The Balaban J connectivity index is 1.28. The molecule has 0 aromatic carbocycles. The van der Waals surface area contributed by atoms with Crippen LogP contribution in [-0.4, -0.2) is 53.1 Å². The monoisotopic (exact) mass is 462 g/mol. The van der Waals surface area contributed by atoms with Crippen LogP contribution in [0.2, 0.25) is 0 Å². The highest BCUT2D eigenvalue weighted by molar-refractivity contribution is 5.97. The van der Waals surface area contributed by atoms with E-state index >= 15 is 0 Å². The Labute approximate surface area is 200 Å². The zero-order valence-corrected chi connectivity index (χ0v) is 18.9. The average Bonchev–Trinajstić information content (AvgIpc) is 3.70. The van der Waals surface area contributed by atoms with E-state index in [1.54, 1.807) is 24.9 Å². The lowest BCUT2D eigenvalue weighted by Gasteiger charge is -2.14. The number of hydrogen-bond donors (Lipinski definition) is 2. The second-order valence-corrected chi connectivity index (χ2v) is 8.93. The number of pyridine rings is 3. The molecule has 172 valence electrons. The molecule has 1 saturated heterocycles. The lowest BCUT2D eigenvalue weighted by atomic mass is 10.1. The van der Waals surface area contributed by atoms with Crippen molar-refractivity contribution < 1.29 is 4.42 Å². The molecule has 0 spiro atoms. The molecule has 1 aliphatic heterocycles. The van der Waals surface area contributed by atoms with Gasteiger partial charge in [-0.2, -0.15) is 5.10 Å². The average molecular weight is 463 g/mol. The summed E-state index contributed by atoms with van der Waals surface area (Å²) >= 11 is 0. The van der Waals surface area contributed by atoms with Gasteiger partial charge in [-0.3, -0.25) is 25.0 Å². The number of likely N-dealkylation sites (tertiary alicyclic amines) is 1. The Hall–Kier alpha value is -4.37. The van der Waals surface area contributed by atoms with Gasteiger partial charge < -0.3 is 9.40 Å². The number of nitrogens with zero attached hydrogens (tertiary/aromatic N) is 6.